The third-order valence-electron chi connectivity index (χ3n) is 16.4. The van der Waals surface area contributed by atoms with Gasteiger partial charge in [-0.2, -0.15) is 0 Å². The lowest BCUT2D eigenvalue weighted by Crippen LogP contribution is -2.30. The minimum absolute atomic E-state index is 0.0949. The van der Waals surface area contributed by atoms with E-state index in [-0.39, 0.29) is 19.3 Å². The van der Waals surface area contributed by atoms with Gasteiger partial charge in [0.25, 0.3) is 0 Å². The van der Waals surface area contributed by atoms with Gasteiger partial charge in [0.1, 0.15) is 25.4 Å². The molecule has 0 spiro atoms. The number of hydrogen-bond acceptors (Lipinski definition) is 14. The standard InChI is InChI=1S/C83H142O16P2/c1-4-7-10-13-16-19-22-24-26-28-30-32-33-34-35-36-37-38-39-40-41-42-43-45-47-48-50-52-55-57-60-63-66-69-81(86)93-72-78(84)73-95-100(89,90)96-74-79(85)75-97-101(91,92)98-77-80(99-83(88)71-68-65-62-59-54-21-18-15-12-9-6-3)76-94-82(87)70-67-64-61-58-56-53-51-49-46-44-31-29-27-25-23-20-17-14-11-8-5-2/h7-8,10-11,16-17,19-20,24-27,30-32,34-35,44,49,51,56,58,78-80,84-85H,4-6,9,12-15,18,21-23,28-29,33,36-43,45-48,50,52-55,57,59-77H2,1-3H3,(H,89,90)(H,91,92)/b10-7-,11-8-,19-16-,20-17-,26-24-,27-25-,32-30-,35-34-,44-31-,51-49-,58-56-. The fourth-order valence-corrected chi connectivity index (χ4v) is 12.0. The van der Waals surface area contributed by atoms with Crippen molar-refractivity contribution < 1.29 is 75.8 Å². The van der Waals surface area contributed by atoms with Crippen molar-refractivity contribution in [2.45, 2.75) is 334 Å². The molecule has 5 unspecified atom stereocenters. The van der Waals surface area contributed by atoms with Gasteiger partial charge < -0.3 is 34.2 Å². The number of phosphoric ester groups is 2. The van der Waals surface area contributed by atoms with Crippen LogP contribution in [0, 0.1) is 0 Å². The van der Waals surface area contributed by atoms with E-state index in [1.54, 1.807) is 0 Å². The van der Waals surface area contributed by atoms with Crippen LogP contribution in [0.25, 0.3) is 0 Å². The quantitative estimate of drug-likeness (QED) is 0.0146. The van der Waals surface area contributed by atoms with E-state index in [9.17, 15) is 43.5 Å². The Bertz CT molecular complexity index is 2370. The molecule has 0 aliphatic carbocycles. The van der Waals surface area contributed by atoms with Gasteiger partial charge >= 0.3 is 33.6 Å². The fraction of sp³-hybridized carbons (Fsp3) is 0.699. The molecular formula is C83H142O16P2. The average molecular weight is 1460 g/mol. The molecule has 0 aliphatic rings. The zero-order valence-corrected chi connectivity index (χ0v) is 65.1. The number of carbonyl (C=O) groups is 3. The second-order valence-electron chi connectivity index (χ2n) is 26.1. The lowest BCUT2D eigenvalue weighted by molar-refractivity contribution is -0.161. The van der Waals surface area contributed by atoms with Crippen LogP contribution in [0.15, 0.2) is 134 Å². The number of ether oxygens (including phenoxy) is 3. The SMILES string of the molecule is CC/C=C\C/C=C\C/C=C\C/C=C\C/C=C\C/C=C\CCCCC(=O)OCC(COP(=O)(O)OCC(O)COP(=O)(O)OCC(O)COC(=O)CCCCCCCCCCCCCCCCCCC/C=C\C/C=C\C/C=C\C/C=C\C/C=C\CC)OC(=O)CCCCCCCCCCCCC. The summed E-state index contributed by atoms with van der Waals surface area (Å²) in [5, 5.41) is 20.6. The molecule has 0 aromatic carbocycles. The highest BCUT2D eigenvalue weighted by Crippen LogP contribution is 2.45. The van der Waals surface area contributed by atoms with Crippen molar-refractivity contribution in [3.8, 4) is 0 Å². The average Bonchev–Trinajstić information content (AvgIpc) is 0.947. The van der Waals surface area contributed by atoms with E-state index >= 15 is 0 Å². The van der Waals surface area contributed by atoms with E-state index in [1.807, 2.05) is 0 Å². The highest BCUT2D eigenvalue weighted by molar-refractivity contribution is 7.47. The topological polar surface area (TPSA) is 231 Å². The number of aliphatic hydroxyl groups is 2. The van der Waals surface area contributed by atoms with Crippen molar-refractivity contribution in [1.29, 1.82) is 0 Å². The Morgan fingerprint density at radius 2 is 0.525 bits per heavy atom. The molecule has 0 fully saturated rings. The van der Waals surface area contributed by atoms with Gasteiger partial charge in [-0.15, -0.1) is 0 Å². The molecule has 0 bridgehead atoms. The van der Waals surface area contributed by atoms with E-state index in [0.29, 0.717) is 19.3 Å². The van der Waals surface area contributed by atoms with Gasteiger partial charge in [-0.3, -0.25) is 32.5 Å². The summed E-state index contributed by atoms with van der Waals surface area (Å²) in [4.78, 5) is 58.5. The monoisotopic (exact) mass is 1460 g/mol. The zero-order valence-electron chi connectivity index (χ0n) is 63.3. The van der Waals surface area contributed by atoms with Crippen LogP contribution in [-0.2, 0) is 55.8 Å². The van der Waals surface area contributed by atoms with E-state index < -0.39 is 91.5 Å². The molecule has 0 rings (SSSR count). The minimum Gasteiger partial charge on any atom is -0.463 e. The van der Waals surface area contributed by atoms with Crippen LogP contribution in [0.5, 0.6) is 0 Å². The summed E-state index contributed by atoms with van der Waals surface area (Å²) in [6.45, 7) is 2.40. The molecule has 580 valence electrons. The third-order valence-corrected chi connectivity index (χ3v) is 18.3. The molecule has 0 amide bonds. The molecule has 0 saturated carbocycles. The van der Waals surface area contributed by atoms with Crippen LogP contribution in [0.2, 0.25) is 0 Å². The first-order valence-corrected chi connectivity index (χ1v) is 42.5. The fourth-order valence-electron chi connectivity index (χ4n) is 10.4. The molecule has 0 aromatic heterocycles. The van der Waals surface area contributed by atoms with E-state index in [0.717, 1.165) is 128 Å². The molecule has 18 heteroatoms. The van der Waals surface area contributed by atoms with Crippen LogP contribution in [0.4, 0.5) is 0 Å². The first-order chi connectivity index (χ1) is 49.2. The number of phosphoric acid groups is 2. The third kappa shape index (κ3) is 76.6. The summed E-state index contributed by atoms with van der Waals surface area (Å²) >= 11 is 0. The minimum atomic E-state index is -4.93. The molecular weight excluding hydrogens is 1310 g/mol. The van der Waals surface area contributed by atoms with Gasteiger partial charge in [-0.25, -0.2) is 9.13 Å². The van der Waals surface area contributed by atoms with E-state index in [2.05, 4.69) is 154 Å². The Morgan fingerprint density at radius 3 is 0.851 bits per heavy atom. The van der Waals surface area contributed by atoms with Crippen molar-refractivity contribution >= 4 is 33.6 Å². The maximum Gasteiger partial charge on any atom is 0.472 e. The number of rotatable bonds is 74. The summed E-state index contributed by atoms with van der Waals surface area (Å²) in [6.07, 6.45) is 91.0. The van der Waals surface area contributed by atoms with Crippen molar-refractivity contribution in [2.75, 3.05) is 39.6 Å². The summed E-state index contributed by atoms with van der Waals surface area (Å²) < 4.78 is 61.0. The van der Waals surface area contributed by atoms with E-state index in [1.165, 1.54) is 128 Å². The zero-order chi connectivity index (χ0) is 73.7. The number of allylic oxidation sites excluding steroid dienone is 22. The molecule has 0 heterocycles. The summed E-state index contributed by atoms with van der Waals surface area (Å²) in [5.41, 5.74) is 0. The summed E-state index contributed by atoms with van der Waals surface area (Å²) in [7, 11) is -9.79. The van der Waals surface area contributed by atoms with Gasteiger partial charge in [0.15, 0.2) is 6.10 Å². The normalized spacial score (nSPS) is 14.7. The molecule has 4 N–H and O–H groups in total. The lowest BCUT2D eigenvalue weighted by atomic mass is 10.0. The van der Waals surface area contributed by atoms with Crippen molar-refractivity contribution in [3.05, 3.63) is 134 Å². The predicted molar refractivity (Wildman–Crippen MR) is 417 cm³/mol. The first kappa shape index (κ1) is 96.7. The molecule has 101 heavy (non-hydrogen) atoms. The van der Waals surface area contributed by atoms with Crippen molar-refractivity contribution in [3.63, 3.8) is 0 Å². The van der Waals surface area contributed by atoms with Crippen LogP contribution in [0.3, 0.4) is 0 Å². The highest BCUT2D eigenvalue weighted by Gasteiger charge is 2.29. The van der Waals surface area contributed by atoms with Crippen LogP contribution < -0.4 is 0 Å². The highest BCUT2D eigenvalue weighted by atomic mass is 31.2. The number of carbonyl (C=O) groups excluding carboxylic acids is 3. The molecule has 16 nitrogen and oxygen atoms in total. The molecule has 0 saturated heterocycles. The number of esters is 3. The summed E-state index contributed by atoms with van der Waals surface area (Å²) in [6, 6.07) is 0. The van der Waals surface area contributed by atoms with Crippen molar-refractivity contribution in [2.24, 2.45) is 0 Å². The molecule has 0 aromatic rings. The van der Waals surface area contributed by atoms with Gasteiger partial charge in [-0.05, 0) is 116 Å². The molecule has 0 radical (unpaired) electrons. The largest absolute Gasteiger partial charge is 0.472 e. The van der Waals surface area contributed by atoms with Crippen LogP contribution >= 0.6 is 15.6 Å². The lowest BCUT2D eigenvalue weighted by Gasteiger charge is -2.21. The Kier molecular flexibility index (Phi) is 72.2. The number of aliphatic hydroxyl groups excluding tert-OH is 2. The maximum absolute atomic E-state index is 12.9. The van der Waals surface area contributed by atoms with Gasteiger partial charge in [0, 0.05) is 19.3 Å². The first-order valence-electron chi connectivity index (χ1n) is 39.5. The second kappa shape index (κ2) is 75.4. The van der Waals surface area contributed by atoms with Crippen molar-refractivity contribution in [1.82, 2.24) is 0 Å². The smallest absolute Gasteiger partial charge is 0.463 e. The number of unbranched alkanes of at least 4 members (excludes halogenated alkanes) is 29. The van der Waals surface area contributed by atoms with Crippen LogP contribution in [0.1, 0.15) is 316 Å². The maximum atomic E-state index is 12.9. The van der Waals surface area contributed by atoms with E-state index in [4.69, 9.17) is 32.3 Å². The Morgan fingerprint density at radius 1 is 0.287 bits per heavy atom. The number of hydrogen-bond donors (Lipinski definition) is 4. The second-order valence-corrected chi connectivity index (χ2v) is 29.0. The predicted octanol–water partition coefficient (Wildman–Crippen LogP) is 23.1. The van der Waals surface area contributed by atoms with Gasteiger partial charge in [-0.1, -0.05) is 315 Å². The Hall–Kier alpha value is -4.31. The molecule has 0 aliphatic heterocycles. The Labute approximate surface area is 614 Å². The van der Waals surface area contributed by atoms with Gasteiger partial charge in [0.05, 0.1) is 26.4 Å². The summed E-state index contributed by atoms with van der Waals surface area (Å²) in [5.74, 6) is -1.62. The van der Waals surface area contributed by atoms with Gasteiger partial charge in [0.2, 0.25) is 0 Å². The molecule has 5 atom stereocenters. The van der Waals surface area contributed by atoms with Crippen LogP contribution in [-0.4, -0.2) is 95.9 Å². The Balaban J connectivity index is 4.40.